The fraction of sp³-hybridized carbons (Fsp3) is 0.474. The molecule has 1 aliphatic heterocycles. The second-order valence-electron chi connectivity index (χ2n) is 7.07. The molecule has 1 N–H and O–H groups in total. The minimum absolute atomic E-state index is 0. The van der Waals surface area contributed by atoms with E-state index in [-0.39, 0.29) is 29.4 Å². The van der Waals surface area contributed by atoms with Crippen LogP contribution < -0.4 is 10.2 Å². The van der Waals surface area contributed by atoms with E-state index < -0.39 is 0 Å². The molecule has 1 aliphatic rings. The Morgan fingerprint density at radius 3 is 2.76 bits per heavy atom. The molecule has 0 aliphatic carbocycles. The van der Waals surface area contributed by atoms with E-state index in [1.54, 1.807) is 0 Å². The van der Waals surface area contributed by atoms with Crippen LogP contribution in [0.3, 0.4) is 0 Å². The molecule has 3 rings (SSSR count). The summed E-state index contributed by atoms with van der Waals surface area (Å²) in [4.78, 5) is 11.3. The highest BCUT2D eigenvalue weighted by Gasteiger charge is 2.23. The van der Waals surface area contributed by atoms with Crippen LogP contribution in [0.25, 0.3) is 0 Å². The summed E-state index contributed by atoms with van der Waals surface area (Å²) >= 11 is 0. The molecule has 1 aromatic heterocycles. The SMILES string of the molecule is CCNC(=NCc1ncc(C(C)(C)C)o1)N1CCc2ccccc21.I. The van der Waals surface area contributed by atoms with Gasteiger partial charge in [-0.25, -0.2) is 9.98 Å². The zero-order valence-electron chi connectivity index (χ0n) is 15.4. The number of benzene rings is 1. The molecule has 2 heterocycles. The number of oxazole rings is 1. The summed E-state index contributed by atoms with van der Waals surface area (Å²) in [6.45, 7) is 10.7. The Labute approximate surface area is 166 Å². The van der Waals surface area contributed by atoms with Crippen LogP contribution in [0.5, 0.6) is 0 Å². The molecule has 0 radical (unpaired) electrons. The van der Waals surface area contributed by atoms with Gasteiger partial charge in [-0.05, 0) is 25.0 Å². The maximum Gasteiger partial charge on any atom is 0.216 e. The van der Waals surface area contributed by atoms with E-state index in [9.17, 15) is 0 Å². The minimum Gasteiger partial charge on any atom is -0.443 e. The van der Waals surface area contributed by atoms with Gasteiger partial charge in [0.1, 0.15) is 12.3 Å². The highest BCUT2D eigenvalue weighted by atomic mass is 127. The summed E-state index contributed by atoms with van der Waals surface area (Å²) in [5, 5.41) is 3.38. The van der Waals surface area contributed by atoms with Gasteiger partial charge in [0, 0.05) is 24.2 Å². The number of hydrogen-bond donors (Lipinski definition) is 1. The molecule has 0 atom stereocenters. The Kier molecular flexibility index (Phi) is 6.48. The lowest BCUT2D eigenvalue weighted by Crippen LogP contribution is -2.40. The Morgan fingerprint density at radius 1 is 1.32 bits per heavy atom. The topological polar surface area (TPSA) is 53.7 Å². The molecule has 0 spiro atoms. The second-order valence-corrected chi connectivity index (χ2v) is 7.07. The number of aromatic nitrogens is 1. The number of anilines is 1. The number of halogens is 1. The molecule has 0 amide bonds. The third-order valence-electron chi connectivity index (χ3n) is 4.13. The third kappa shape index (κ3) is 4.54. The molecule has 6 heteroatoms. The van der Waals surface area contributed by atoms with E-state index in [1.807, 2.05) is 6.20 Å². The lowest BCUT2D eigenvalue weighted by Gasteiger charge is -2.22. The second kappa shape index (κ2) is 8.21. The normalized spacial score (nSPS) is 14.2. The molecule has 5 nitrogen and oxygen atoms in total. The Bertz CT molecular complexity index is 733. The van der Waals surface area contributed by atoms with Crippen LogP contribution in [-0.4, -0.2) is 24.0 Å². The highest BCUT2D eigenvalue weighted by molar-refractivity contribution is 14.0. The standard InChI is InChI=1S/C19H26N4O.HI/c1-5-20-18(23-11-10-14-8-6-7-9-15(14)23)22-13-17-21-12-16(24-17)19(2,3)4;/h6-9,12H,5,10-11,13H2,1-4H3,(H,20,22);1H. The van der Waals surface area contributed by atoms with Gasteiger partial charge in [-0.15, -0.1) is 24.0 Å². The largest absolute Gasteiger partial charge is 0.443 e. The summed E-state index contributed by atoms with van der Waals surface area (Å²) in [5.74, 6) is 2.44. The smallest absolute Gasteiger partial charge is 0.216 e. The van der Waals surface area contributed by atoms with E-state index in [2.05, 4.69) is 67.2 Å². The van der Waals surface area contributed by atoms with E-state index in [0.717, 1.165) is 31.2 Å². The number of para-hydroxylation sites is 1. The number of rotatable bonds is 3. The van der Waals surface area contributed by atoms with Crippen LogP contribution in [0.2, 0.25) is 0 Å². The van der Waals surface area contributed by atoms with E-state index in [1.165, 1.54) is 11.3 Å². The van der Waals surface area contributed by atoms with Crippen LogP contribution in [0.15, 0.2) is 39.9 Å². The van der Waals surface area contributed by atoms with E-state index in [4.69, 9.17) is 9.41 Å². The lowest BCUT2D eigenvalue weighted by molar-refractivity contribution is 0.383. The first-order valence-corrected chi connectivity index (χ1v) is 8.58. The van der Waals surface area contributed by atoms with E-state index >= 15 is 0 Å². The van der Waals surface area contributed by atoms with Crippen LogP contribution >= 0.6 is 24.0 Å². The molecule has 25 heavy (non-hydrogen) atoms. The molecule has 0 bridgehead atoms. The number of nitrogens with zero attached hydrogens (tertiary/aromatic N) is 3. The van der Waals surface area contributed by atoms with Crippen molar-refractivity contribution in [3.05, 3.63) is 47.7 Å². The van der Waals surface area contributed by atoms with Crippen molar-refractivity contribution in [2.24, 2.45) is 4.99 Å². The molecule has 0 fully saturated rings. The third-order valence-corrected chi connectivity index (χ3v) is 4.13. The van der Waals surface area contributed by atoms with Gasteiger partial charge in [-0.3, -0.25) is 0 Å². The maximum atomic E-state index is 5.84. The van der Waals surface area contributed by atoms with Crippen LogP contribution in [0.1, 0.15) is 44.9 Å². The van der Waals surface area contributed by atoms with Gasteiger partial charge in [0.05, 0.1) is 6.20 Å². The Hall–Kier alpha value is -1.57. The highest BCUT2D eigenvalue weighted by Crippen LogP contribution is 2.27. The molecule has 0 unspecified atom stereocenters. The van der Waals surface area contributed by atoms with Crippen LogP contribution in [0, 0.1) is 0 Å². The minimum atomic E-state index is -0.0344. The van der Waals surface area contributed by atoms with Crippen molar-refractivity contribution in [3.63, 3.8) is 0 Å². The van der Waals surface area contributed by atoms with Crippen LogP contribution in [0.4, 0.5) is 5.69 Å². The van der Waals surface area contributed by atoms with Crippen molar-refractivity contribution in [2.75, 3.05) is 18.0 Å². The van der Waals surface area contributed by atoms with Crippen molar-refractivity contribution in [1.82, 2.24) is 10.3 Å². The number of hydrogen-bond acceptors (Lipinski definition) is 3. The number of fused-ring (bicyclic) bond motifs is 1. The van der Waals surface area contributed by atoms with Crippen molar-refractivity contribution < 1.29 is 4.42 Å². The first-order valence-electron chi connectivity index (χ1n) is 8.58. The zero-order chi connectivity index (χ0) is 17.2. The van der Waals surface area contributed by atoms with Gasteiger partial charge in [-0.1, -0.05) is 39.0 Å². The average molecular weight is 454 g/mol. The van der Waals surface area contributed by atoms with Gasteiger partial charge < -0.3 is 14.6 Å². The summed E-state index contributed by atoms with van der Waals surface area (Å²) in [6, 6.07) is 8.50. The maximum absolute atomic E-state index is 5.84. The number of aliphatic imine (C=N–C) groups is 1. The number of guanidine groups is 1. The lowest BCUT2D eigenvalue weighted by atomic mass is 9.94. The van der Waals surface area contributed by atoms with Crippen molar-refractivity contribution in [2.45, 2.75) is 46.1 Å². The molecule has 136 valence electrons. The van der Waals surface area contributed by atoms with Crippen molar-refractivity contribution in [1.29, 1.82) is 0 Å². The number of nitrogens with one attached hydrogen (secondary N) is 1. The first kappa shape index (κ1) is 19.8. The quantitative estimate of drug-likeness (QED) is 0.431. The fourth-order valence-corrected chi connectivity index (χ4v) is 2.83. The Balaban J connectivity index is 0.00000225. The monoisotopic (exact) mass is 454 g/mol. The first-order chi connectivity index (χ1) is 11.5. The van der Waals surface area contributed by atoms with Gasteiger partial charge in [-0.2, -0.15) is 0 Å². The van der Waals surface area contributed by atoms with Gasteiger partial charge >= 0.3 is 0 Å². The summed E-state index contributed by atoms with van der Waals surface area (Å²) < 4.78 is 5.84. The van der Waals surface area contributed by atoms with Gasteiger partial charge in [0.25, 0.3) is 0 Å². The molecule has 1 aromatic carbocycles. The fourth-order valence-electron chi connectivity index (χ4n) is 2.83. The zero-order valence-corrected chi connectivity index (χ0v) is 17.7. The summed E-state index contributed by atoms with van der Waals surface area (Å²) in [5.41, 5.74) is 2.57. The van der Waals surface area contributed by atoms with E-state index in [0.29, 0.717) is 12.4 Å². The summed E-state index contributed by atoms with van der Waals surface area (Å²) in [6.07, 6.45) is 2.86. The summed E-state index contributed by atoms with van der Waals surface area (Å²) in [7, 11) is 0. The average Bonchev–Trinajstić information content (AvgIpc) is 3.18. The molecule has 0 saturated heterocycles. The predicted octanol–water partition coefficient (Wildman–Crippen LogP) is 4.12. The molecule has 0 saturated carbocycles. The van der Waals surface area contributed by atoms with Crippen LogP contribution in [-0.2, 0) is 18.4 Å². The molecule has 2 aromatic rings. The molecular weight excluding hydrogens is 427 g/mol. The Morgan fingerprint density at radius 2 is 2.08 bits per heavy atom. The van der Waals surface area contributed by atoms with Crippen molar-refractivity contribution >= 4 is 35.6 Å². The van der Waals surface area contributed by atoms with Crippen molar-refractivity contribution in [3.8, 4) is 0 Å². The van der Waals surface area contributed by atoms with Gasteiger partial charge in [0.2, 0.25) is 5.89 Å². The predicted molar refractivity (Wildman–Crippen MR) is 113 cm³/mol. The molecular formula is C19H27IN4O. The van der Waals surface area contributed by atoms with Gasteiger partial charge in [0.15, 0.2) is 5.96 Å².